The molecule has 0 aromatic heterocycles. The van der Waals surface area contributed by atoms with E-state index >= 15 is 0 Å². The smallest absolute Gasteiger partial charge is 0.120 e. The van der Waals surface area contributed by atoms with E-state index in [1.54, 1.807) is 6.07 Å². The first kappa shape index (κ1) is 13.0. The molecular weight excluding hydrogens is 202 g/mol. The minimum Gasteiger partial charge on any atom is -0.508 e. The maximum Gasteiger partial charge on any atom is 0.120 e. The molecule has 0 spiro atoms. The normalized spacial score (nSPS) is 12.6. The van der Waals surface area contributed by atoms with Gasteiger partial charge in [-0.05, 0) is 31.9 Å². The lowest BCUT2D eigenvalue weighted by Gasteiger charge is -2.18. The van der Waals surface area contributed by atoms with Crippen molar-refractivity contribution in [2.45, 2.75) is 32.2 Å². The van der Waals surface area contributed by atoms with Crippen LogP contribution in [0, 0.1) is 0 Å². The molecule has 0 saturated heterocycles. The van der Waals surface area contributed by atoms with E-state index in [-0.39, 0.29) is 12.6 Å². The van der Waals surface area contributed by atoms with Crippen LogP contribution < -0.4 is 5.32 Å². The molecule has 16 heavy (non-hydrogen) atoms. The molecular formula is C13H21NO2. The van der Waals surface area contributed by atoms with Crippen LogP contribution in [0.2, 0.25) is 0 Å². The van der Waals surface area contributed by atoms with E-state index in [0.29, 0.717) is 5.75 Å². The Kier molecular flexibility index (Phi) is 5.90. The lowest BCUT2D eigenvalue weighted by atomic mass is 10.0. The number of benzene rings is 1. The first-order valence-electron chi connectivity index (χ1n) is 5.91. The summed E-state index contributed by atoms with van der Waals surface area (Å²) in [5.41, 5.74) is 0.953. The first-order valence-corrected chi connectivity index (χ1v) is 5.91. The molecule has 0 aliphatic carbocycles. The Morgan fingerprint density at radius 3 is 2.62 bits per heavy atom. The van der Waals surface area contributed by atoms with Gasteiger partial charge in [-0.3, -0.25) is 0 Å². The third-order valence-electron chi connectivity index (χ3n) is 2.70. The Morgan fingerprint density at radius 1 is 1.25 bits per heavy atom. The number of aliphatic hydroxyl groups is 1. The van der Waals surface area contributed by atoms with Gasteiger partial charge in [0, 0.05) is 18.2 Å². The molecule has 1 aromatic carbocycles. The summed E-state index contributed by atoms with van der Waals surface area (Å²) in [5.74, 6) is 0.351. The first-order chi connectivity index (χ1) is 7.79. The quantitative estimate of drug-likeness (QED) is 0.621. The highest BCUT2D eigenvalue weighted by molar-refractivity contribution is 5.34. The molecule has 0 radical (unpaired) electrons. The number of phenols is 1. The molecule has 3 N–H and O–H groups in total. The van der Waals surface area contributed by atoms with Gasteiger partial charge in [-0.1, -0.05) is 25.1 Å². The summed E-state index contributed by atoms with van der Waals surface area (Å²) in [5, 5.41) is 21.8. The van der Waals surface area contributed by atoms with Crippen LogP contribution in [0.5, 0.6) is 5.75 Å². The van der Waals surface area contributed by atoms with Crippen molar-refractivity contribution in [2.75, 3.05) is 13.2 Å². The van der Waals surface area contributed by atoms with Crippen LogP contribution in [0.1, 0.15) is 37.8 Å². The zero-order valence-corrected chi connectivity index (χ0v) is 9.82. The van der Waals surface area contributed by atoms with E-state index < -0.39 is 0 Å². The van der Waals surface area contributed by atoms with Crippen molar-refractivity contribution in [3.05, 3.63) is 29.8 Å². The van der Waals surface area contributed by atoms with Gasteiger partial charge >= 0.3 is 0 Å². The summed E-state index contributed by atoms with van der Waals surface area (Å²) in [6, 6.07) is 7.63. The maximum absolute atomic E-state index is 9.73. The largest absolute Gasteiger partial charge is 0.508 e. The fourth-order valence-corrected chi connectivity index (χ4v) is 1.77. The molecule has 0 fully saturated rings. The van der Waals surface area contributed by atoms with Crippen molar-refractivity contribution in [1.82, 2.24) is 5.32 Å². The maximum atomic E-state index is 9.73. The fourth-order valence-electron chi connectivity index (χ4n) is 1.77. The summed E-state index contributed by atoms with van der Waals surface area (Å²) in [6.45, 7) is 3.21. The van der Waals surface area contributed by atoms with Crippen LogP contribution in [-0.4, -0.2) is 23.4 Å². The minimum absolute atomic E-state index is 0.194. The molecule has 90 valence electrons. The van der Waals surface area contributed by atoms with Crippen LogP contribution >= 0.6 is 0 Å². The SMILES string of the molecule is CCC(NCCCCO)c1ccccc1O. The number of nitrogens with one attached hydrogen (secondary N) is 1. The number of hydrogen-bond donors (Lipinski definition) is 3. The van der Waals surface area contributed by atoms with Crippen LogP contribution in [0.15, 0.2) is 24.3 Å². The molecule has 0 aliphatic heterocycles. The average Bonchev–Trinajstić information content (AvgIpc) is 2.31. The van der Waals surface area contributed by atoms with Crippen molar-refractivity contribution in [1.29, 1.82) is 0 Å². The van der Waals surface area contributed by atoms with Crippen LogP contribution in [0.25, 0.3) is 0 Å². The molecule has 0 aliphatic rings. The van der Waals surface area contributed by atoms with Crippen molar-refractivity contribution < 1.29 is 10.2 Å². The Labute approximate surface area is 97.1 Å². The Morgan fingerprint density at radius 2 is 2.00 bits per heavy atom. The summed E-state index contributed by atoms with van der Waals surface area (Å²) >= 11 is 0. The van der Waals surface area contributed by atoms with E-state index in [0.717, 1.165) is 31.4 Å². The topological polar surface area (TPSA) is 52.5 Å². The van der Waals surface area contributed by atoms with Gasteiger partial charge in [-0.25, -0.2) is 0 Å². The van der Waals surface area contributed by atoms with Gasteiger partial charge in [0.25, 0.3) is 0 Å². The number of para-hydroxylation sites is 1. The number of phenolic OH excluding ortho intramolecular Hbond substituents is 1. The third-order valence-corrected chi connectivity index (χ3v) is 2.70. The molecule has 1 atom stereocenters. The number of hydrogen-bond acceptors (Lipinski definition) is 3. The Bertz CT molecular complexity index is 302. The molecule has 0 amide bonds. The van der Waals surface area contributed by atoms with E-state index in [2.05, 4.69) is 12.2 Å². The summed E-state index contributed by atoms with van der Waals surface area (Å²) in [6.07, 6.45) is 2.72. The lowest BCUT2D eigenvalue weighted by molar-refractivity contribution is 0.282. The van der Waals surface area contributed by atoms with E-state index in [9.17, 15) is 5.11 Å². The number of unbranched alkanes of at least 4 members (excludes halogenated alkanes) is 1. The summed E-state index contributed by atoms with van der Waals surface area (Å²) in [4.78, 5) is 0. The van der Waals surface area contributed by atoms with Gasteiger partial charge < -0.3 is 15.5 Å². The van der Waals surface area contributed by atoms with Crippen molar-refractivity contribution >= 4 is 0 Å². The molecule has 0 heterocycles. The van der Waals surface area contributed by atoms with Gasteiger partial charge in [0.2, 0.25) is 0 Å². The van der Waals surface area contributed by atoms with Crippen molar-refractivity contribution in [3.8, 4) is 5.75 Å². The highest BCUT2D eigenvalue weighted by Crippen LogP contribution is 2.25. The minimum atomic E-state index is 0.194. The molecule has 0 bridgehead atoms. The second-order valence-electron chi connectivity index (χ2n) is 3.90. The van der Waals surface area contributed by atoms with Gasteiger partial charge in [0.05, 0.1) is 0 Å². The predicted octanol–water partition coefficient (Wildman–Crippen LogP) is 2.21. The molecule has 1 unspecified atom stereocenters. The number of rotatable bonds is 7. The average molecular weight is 223 g/mol. The molecule has 1 aromatic rings. The summed E-state index contributed by atoms with van der Waals surface area (Å²) in [7, 11) is 0. The van der Waals surface area contributed by atoms with E-state index in [1.165, 1.54) is 0 Å². The highest BCUT2D eigenvalue weighted by atomic mass is 16.3. The number of aliphatic hydroxyl groups excluding tert-OH is 1. The molecule has 0 saturated carbocycles. The van der Waals surface area contributed by atoms with Crippen LogP contribution in [0.3, 0.4) is 0 Å². The monoisotopic (exact) mass is 223 g/mol. The Hall–Kier alpha value is -1.06. The van der Waals surface area contributed by atoms with Gasteiger partial charge in [-0.15, -0.1) is 0 Å². The van der Waals surface area contributed by atoms with Gasteiger partial charge in [0.15, 0.2) is 0 Å². The van der Waals surface area contributed by atoms with Gasteiger partial charge in [-0.2, -0.15) is 0 Å². The van der Waals surface area contributed by atoms with E-state index in [4.69, 9.17) is 5.11 Å². The van der Waals surface area contributed by atoms with Crippen molar-refractivity contribution in [2.24, 2.45) is 0 Å². The Balaban J connectivity index is 2.51. The second-order valence-corrected chi connectivity index (χ2v) is 3.90. The third kappa shape index (κ3) is 3.83. The van der Waals surface area contributed by atoms with Crippen LogP contribution in [0.4, 0.5) is 0 Å². The fraction of sp³-hybridized carbons (Fsp3) is 0.538. The van der Waals surface area contributed by atoms with Crippen molar-refractivity contribution in [3.63, 3.8) is 0 Å². The van der Waals surface area contributed by atoms with Crippen LogP contribution in [-0.2, 0) is 0 Å². The second kappa shape index (κ2) is 7.25. The van der Waals surface area contributed by atoms with E-state index in [1.807, 2.05) is 18.2 Å². The predicted molar refractivity (Wildman–Crippen MR) is 65.5 cm³/mol. The highest BCUT2D eigenvalue weighted by Gasteiger charge is 2.11. The zero-order chi connectivity index (χ0) is 11.8. The summed E-state index contributed by atoms with van der Waals surface area (Å²) < 4.78 is 0. The molecule has 1 rings (SSSR count). The standard InChI is InChI=1S/C13H21NO2/c1-2-12(14-9-5-6-10-15)11-7-3-4-8-13(11)16/h3-4,7-8,12,14-16H,2,5-6,9-10H2,1H3. The molecule has 3 heteroatoms. The molecule has 3 nitrogen and oxygen atoms in total. The zero-order valence-electron chi connectivity index (χ0n) is 9.82. The van der Waals surface area contributed by atoms with Gasteiger partial charge in [0.1, 0.15) is 5.75 Å². The lowest BCUT2D eigenvalue weighted by Crippen LogP contribution is -2.22. The number of aromatic hydroxyl groups is 1.